The van der Waals surface area contributed by atoms with Crippen molar-refractivity contribution in [2.75, 3.05) is 13.7 Å². The average Bonchev–Trinajstić information content (AvgIpc) is 2.01. The molecule has 5 heteroatoms. The molecule has 1 unspecified atom stereocenters. The minimum Gasteiger partial charge on any atom is -0.443 e. The van der Waals surface area contributed by atoms with Crippen LogP contribution in [-0.2, 0) is 9.57 Å². The van der Waals surface area contributed by atoms with Gasteiger partial charge in [0.1, 0.15) is 6.10 Å². The topological polar surface area (TPSA) is 73.6 Å². The van der Waals surface area contributed by atoms with Crippen LogP contribution in [-0.4, -0.2) is 25.9 Å². The molecule has 0 spiro atoms. The maximum Gasteiger partial charge on any atom is 0.431 e. The quantitative estimate of drug-likeness (QED) is 0.571. The van der Waals surface area contributed by atoms with Gasteiger partial charge in [0.05, 0.1) is 7.11 Å². The van der Waals surface area contributed by atoms with Crippen molar-refractivity contribution in [3.63, 3.8) is 0 Å². The van der Waals surface area contributed by atoms with Crippen molar-refractivity contribution in [2.45, 2.75) is 19.4 Å². The predicted molar refractivity (Wildman–Crippen MR) is 39.8 cm³/mol. The molecule has 0 aromatic heterocycles. The fourth-order valence-electron chi connectivity index (χ4n) is 0.557. The lowest BCUT2D eigenvalue weighted by molar-refractivity contribution is 0.0364. The van der Waals surface area contributed by atoms with Crippen molar-refractivity contribution in [1.82, 2.24) is 5.48 Å². The number of amides is 1. The molecule has 0 aromatic rings. The van der Waals surface area contributed by atoms with Crippen molar-refractivity contribution in [1.29, 1.82) is 0 Å². The number of carbonyl (C=O) groups is 1. The molecule has 0 aliphatic rings. The number of hydrogen-bond donors (Lipinski definition) is 2. The fourth-order valence-corrected chi connectivity index (χ4v) is 0.557. The van der Waals surface area contributed by atoms with E-state index >= 15 is 0 Å². The van der Waals surface area contributed by atoms with Gasteiger partial charge in [-0.05, 0) is 6.42 Å². The third-order valence-corrected chi connectivity index (χ3v) is 1.18. The Kier molecular flexibility index (Phi) is 5.50. The average molecular weight is 162 g/mol. The van der Waals surface area contributed by atoms with Gasteiger partial charge in [-0.25, -0.2) is 4.79 Å². The molecule has 0 aromatic carbocycles. The molecular weight excluding hydrogens is 148 g/mol. The summed E-state index contributed by atoms with van der Waals surface area (Å²) in [7, 11) is 1.34. The van der Waals surface area contributed by atoms with Crippen LogP contribution in [0.15, 0.2) is 0 Å². The number of ether oxygens (including phenoxy) is 1. The summed E-state index contributed by atoms with van der Waals surface area (Å²) >= 11 is 0. The Bertz CT molecular complexity index is 114. The van der Waals surface area contributed by atoms with Gasteiger partial charge in [-0.15, -0.1) is 0 Å². The third-order valence-electron chi connectivity index (χ3n) is 1.18. The summed E-state index contributed by atoms with van der Waals surface area (Å²) in [6.07, 6.45) is -0.136. The van der Waals surface area contributed by atoms with Crippen LogP contribution in [0.3, 0.4) is 0 Å². The molecule has 66 valence electrons. The Morgan fingerprint density at radius 2 is 2.36 bits per heavy atom. The van der Waals surface area contributed by atoms with Crippen LogP contribution < -0.4 is 11.2 Å². The van der Waals surface area contributed by atoms with Crippen LogP contribution in [0.4, 0.5) is 4.79 Å². The monoisotopic (exact) mass is 162 g/mol. The number of nitrogens with one attached hydrogen (secondary N) is 1. The zero-order valence-electron chi connectivity index (χ0n) is 6.79. The first-order valence-electron chi connectivity index (χ1n) is 3.44. The summed E-state index contributed by atoms with van der Waals surface area (Å²) in [5.74, 6) is 0. The maximum absolute atomic E-state index is 10.7. The maximum atomic E-state index is 10.7. The number of rotatable bonds is 4. The lowest BCUT2D eigenvalue weighted by Gasteiger charge is -2.12. The van der Waals surface area contributed by atoms with Crippen LogP contribution in [0, 0.1) is 0 Å². The minimum atomic E-state index is -0.607. The van der Waals surface area contributed by atoms with E-state index in [1.807, 2.05) is 12.4 Å². The van der Waals surface area contributed by atoms with Gasteiger partial charge >= 0.3 is 6.09 Å². The van der Waals surface area contributed by atoms with Crippen molar-refractivity contribution < 1.29 is 14.4 Å². The predicted octanol–water partition coefficient (Wildman–Crippen LogP) is 0.0113. The van der Waals surface area contributed by atoms with Crippen molar-refractivity contribution >= 4 is 6.09 Å². The Morgan fingerprint density at radius 3 is 2.73 bits per heavy atom. The molecule has 0 fully saturated rings. The molecule has 0 heterocycles. The Hall–Kier alpha value is -0.810. The van der Waals surface area contributed by atoms with Crippen molar-refractivity contribution in [2.24, 2.45) is 5.73 Å². The first-order chi connectivity index (χ1) is 5.24. The van der Waals surface area contributed by atoms with E-state index in [1.54, 1.807) is 0 Å². The minimum absolute atomic E-state index is 0.231. The first kappa shape index (κ1) is 10.2. The summed E-state index contributed by atoms with van der Waals surface area (Å²) in [5.41, 5.74) is 7.31. The van der Waals surface area contributed by atoms with Gasteiger partial charge in [-0.2, -0.15) is 5.48 Å². The van der Waals surface area contributed by atoms with E-state index in [4.69, 9.17) is 10.5 Å². The molecule has 5 nitrogen and oxygen atoms in total. The van der Waals surface area contributed by atoms with Crippen LogP contribution in [0.25, 0.3) is 0 Å². The van der Waals surface area contributed by atoms with E-state index in [2.05, 4.69) is 4.84 Å². The van der Waals surface area contributed by atoms with Gasteiger partial charge < -0.3 is 10.5 Å². The zero-order chi connectivity index (χ0) is 8.69. The highest BCUT2D eigenvalue weighted by Gasteiger charge is 2.08. The Labute approximate surface area is 65.8 Å². The van der Waals surface area contributed by atoms with E-state index in [-0.39, 0.29) is 6.10 Å². The molecule has 0 bridgehead atoms. The molecule has 0 saturated carbocycles. The standard InChI is InChI=1S/C6H14N2O3/c1-3-5(4-7)11-6(9)8-10-2/h5H,3-4,7H2,1-2H3,(H,8,9). The van der Waals surface area contributed by atoms with Gasteiger partial charge in [0.2, 0.25) is 0 Å². The largest absolute Gasteiger partial charge is 0.443 e. The van der Waals surface area contributed by atoms with Crippen LogP contribution >= 0.6 is 0 Å². The van der Waals surface area contributed by atoms with Crippen LogP contribution in [0.5, 0.6) is 0 Å². The number of hydroxylamine groups is 1. The SMILES string of the molecule is CCC(CN)OC(=O)NOC. The van der Waals surface area contributed by atoms with Gasteiger partial charge in [0.15, 0.2) is 0 Å². The molecule has 0 saturated heterocycles. The van der Waals surface area contributed by atoms with Crippen molar-refractivity contribution in [3.05, 3.63) is 0 Å². The summed E-state index contributed by atoms with van der Waals surface area (Å²) in [4.78, 5) is 15.0. The summed E-state index contributed by atoms with van der Waals surface area (Å²) in [6.45, 7) is 2.21. The molecule has 1 atom stereocenters. The molecule has 1 amide bonds. The zero-order valence-corrected chi connectivity index (χ0v) is 6.79. The Balaban J connectivity index is 3.54. The molecule has 3 N–H and O–H groups in total. The normalized spacial score (nSPS) is 12.3. The van der Waals surface area contributed by atoms with E-state index < -0.39 is 6.09 Å². The highest BCUT2D eigenvalue weighted by Crippen LogP contribution is 1.94. The lowest BCUT2D eigenvalue weighted by Crippen LogP contribution is -2.32. The van der Waals surface area contributed by atoms with E-state index in [0.29, 0.717) is 13.0 Å². The lowest BCUT2D eigenvalue weighted by atomic mass is 10.3. The number of carbonyl (C=O) groups excluding carboxylic acids is 1. The molecule has 0 aliphatic heterocycles. The highest BCUT2D eigenvalue weighted by molar-refractivity contribution is 5.65. The smallest absolute Gasteiger partial charge is 0.431 e. The third kappa shape index (κ3) is 4.58. The number of nitrogens with two attached hydrogens (primary N) is 1. The molecular formula is C6H14N2O3. The van der Waals surface area contributed by atoms with Crippen molar-refractivity contribution in [3.8, 4) is 0 Å². The number of hydrogen-bond acceptors (Lipinski definition) is 4. The first-order valence-corrected chi connectivity index (χ1v) is 3.44. The fraction of sp³-hybridized carbons (Fsp3) is 0.833. The van der Waals surface area contributed by atoms with E-state index in [9.17, 15) is 4.79 Å². The van der Waals surface area contributed by atoms with E-state index in [1.165, 1.54) is 7.11 Å². The van der Waals surface area contributed by atoms with Crippen LogP contribution in [0.2, 0.25) is 0 Å². The second-order valence-corrected chi connectivity index (χ2v) is 1.98. The van der Waals surface area contributed by atoms with Crippen LogP contribution in [0.1, 0.15) is 13.3 Å². The van der Waals surface area contributed by atoms with Gasteiger partial charge in [0.25, 0.3) is 0 Å². The molecule has 11 heavy (non-hydrogen) atoms. The van der Waals surface area contributed by atoms with Gasteiger partial charge in [-0.1, -0.05) is 6.92 Å². The summed E-state index contributed by atoms with van der Waals surface area (Å²) in [5, 5.41) is 0. The molecule has 0 radical (unpaired) electrons. The highest BCUT2D eigenvalue weighted by atomic mass is 16.7. The molecule has 0 rings (SSSR count). The summed E-state index contributed by atoms with van der Waals surface area (Å²) < 4.78 is 4.79. The van der Waals surface area contributed by atoms with Gasteiger partial charge in [0, 0.05) is 6.54 Å². The second kappa shape index (κ2) is 5.94. The van der Waals surface area contributed by atoms with Gasteiger partial charge in [-0.3, -0.25) is 4.84 Å². The second-order valence-electron chi connectivity index (χ2n) is 1.98. The Morgan fingerprint density at radius 1 is 1.73 bits per heavy atom. The molecule has 0 aliphatic carbocycles. The van der Waals surface area contributed by atoms with E-state index in [0.717, 1.165) is 0 Å². The summed E-state index contributed by atoms with van der Waals surface area (Å²) in [6, 6.07) is 0.